The normalized spacial score (nSPS) is 15.4. The fraction of sp³-hybridized carbons (Fsp3) is 1.00. The van der Waals surface area contributed by atoms with Crippen molar-refractivity contribution in [3.63, 3.8) is 0 Å². The second kappa shape index (κ2) is 9.47. The van der Waals surface area contributed by atoms with Crippen LogP contribution < -0.4 is 5.32 Å². The second-order valence-electron chi connectivity index (χ2n) is 4.25. The monoisotopic (exact) mass is 201 g/mol. The summed E-state index contributed by atoms with van der Waals surface area (Å²) >= 11 is 0. The third kappa shape index (κ3) is 7.34. The van der Waals surface area contributed by atoms with Gasteiger partial charge in [-0.1, -0.05) is 26.7 Å². The third-order valence-electron chi connectivity index (χ3n) is 2.78. The highest BCUT2D eigenvalue weighted by atomic mass is 16.5. The predicted molar refractivity (Wildman–Crippen MR) is 62.6 cm³/mol. The van der Waals surface area contributed by atoms with Crippen molar-refractivity contribution in [1.82, 2.24) is 5.32 Å². The summed E-state index contributed by atoms with van der Waals surface area (Å²) in [7, 11) is 3.84. The van der Waals surface area contributed by atoms with Crippen molar-refractivity contribution in [2.75, 3.05) is 20.8 Å². The maximum Gasteiger partial charge on any atom is 0.0462 e. The van der Waals surface area contributed by atoms with Crippen LogP contribution in [0.15, 0.2) is 0 Å². The molecule has 0 aromatic carbocycles. The fourth-order valence-corrected chi connectivity index (χ4v) is 1.95. The van der Waals surface area contributed by atoms with Gasteiger partial charge < -0.3 is 10.1 Å². The summed E-state index contributed by atoms with van der Waals surface area (Å²) in [5.41, 5.74) is 0. The zero-order valence-electron chi connectivity index (χ0n) is 10.3. The summed E-state index contributed by atoms with van der Waals surface area (Å²) < 4.78 is 5.06. The average Bonchev–Trinajstić information content (AvgIpc) is 2.17. The van der Waals surface area contributed by atoms with E-state index < -0.39 is 0 Å². The SMILES string of the molecule is CCCC(C)CC(CCCOC)NC. The molecule has 0 saturated carbocycles. The van der Waals surface area contributed by atoms with Crippen molar-refractivity contribution in [1.29, 1.82) is 0 Å². The van der Waals surface area contributed by atoms with E-state index in [1.54, 1.807) is 7.11 Å². The molecular weight excluding hydrogens is 174 g/mol. The Bertz CT molecular complexity index is 117. The van der Waals surface area contributed by atoms with E-state index in [0.29, 0.717) is 6.04 Å². The molecule has 0 aliphatic carbocycles. The highest BCUT2D eigenvalue weighted by Crippen LogP contribution is 2.15. The maximum absolute atomic E-state index is 5.06. The van der Waals surface area contributed by atoms with Crippen molar-refractivity contribution < 1.29 is 4.74 Å². The van der Waals surface area contributed by atoms with Crippen LogP contribution in [-0.4, -0.2) is 26.8 Å². The van der Waals surface area contributed by atoms with Crippen LogP contribution in [0.3, 0.4) is 0 Å². The van der Waals surface area contributed by atoms with E-state index >= 15 is 0 Å². The Balaban J connectivity index is 3.55. The molecule has 0 aromatic rings. The maximum atomic E-state index is 5.06. The summed E-state index contributed by atoms with van der Waals surface area (Å²) in [5, 5.41) is 3.39. The first-order chi connectivity index (χ1) is 6.74. The Kier molecular flexibility index (Phi) is 9.42. The lowest BCUT2D eigenvalue weighted by atomic mass is 9.95. The highest BCUT2D eigenvalue weighted by molar-refractivity contribution is 4.68. The van der Waals surface area contributed by atoms with Crippen LogP contribution in [0.25, 0.3) is 0 Å². The Morgan fingerprint density at radius 3 is 2.50 bits per heavy atom. The van der Waals surface area contributed by atoms with Crippen molar-refractivity contribution in [3.8, 4) is 0 Å². The zero-order valence-corrected chi connectivity index (χ0v) is 10.3. The number of methoxy groups -OCH3 is 1. The molecule has 0 bridgehead atoms. The minimum absolute atomic E-state index is 0.673. The van der Waals surface area contributed by atoms with E-state index in [2.05, 4.69) is 26.2 Å². The van der Waals surface area contributed by atoms with Gasteiger partial charge in [-0.2, -0.15) is 0 Å². The van der Waals surface area contributed by atoms with Gasteiger partial charge in [-0.15, -0.1) is 0 Å². The van der Waals surface area contributed by atoms with E-state index in [-0.39, 0.29) is 0 Å². The van der Waals surface area contributed by atoms with Gasteiger partial charge in [0.15, 0.2) is 0 Å². The van der Waals surface area contributed by atoms with E-state index in [4.69, 9.17) is 4.74 Å². The number of nitrogens with one attached hydrogen (secondary N) is 1. The van der Waals surface area contributed by atoms with Crippen molar-refractivity contribution in [2.45, 2.75) is 52.0 Å². The third-order valence-corrected chi connectivity index (χ3v) is 2.78. The zero-order chi connectivity index (χ0) is 10.8. The molecule has 0 amide bonds. The molecule has 0 aromatic heterocycles. The molecule has 2 atom stereocenters. The summed E-state index contributed by atoms with van der Waals surface area (Å²) in [4.78, 5) is 0. The van der Waals surface area contributed by atoms with Crippen LogP contribution in [0.2, 0.25) is 0 Å². The molecule has 0 saturated heterocycles. The lowest BCUT2D eigenvalue weighted by molar-refractivity contribution is 0.187. The number of hydrogen-bond acceptors (Lipinski definition) is 2. The highest BCUT2D eigenvalue weighted by Gasteiger charge is 2.10. The number of rotatable bonds is 9. The van der Waals surface area contributed by atoms with E-state index in [1.165, 1.54) is 32.1 Å². The van der Waals surface area contributed by atoms with Gasteiger partial charge in [0.25, 0.3) is 0 Å². The van der Waals surface area contributed by atoms with Crippen LogP contribution in [-0.2, 0) is 4.74 Å². The molecule has 14 heavy (non-hydrogen) atoms. The molecule has 0 spiro atoms. The van der Waals surface area contributed by atoms with E-state index in [0.717, 1.165) is 12.5 Å². The van der Waals surface area contributed by atoms with Crippen LogP contribution in [0, 0.1) is 5.92 Å². The van der Waals surface area contributed by atoms with Crippen molar-refractivity contribution in [2.24, 2.45) is 5.92 Å². The lowest BCUT2D eigenvalue weighted by Crippen LogP contribution is -2.27. The predicted octanol–water partition coefficient (Wildman–Crippen LogP) is 2.83. The number of ether oxygens (including phenoxy) is 1. The summed E-state index contributed by atoms with van der Waals surface area (Å²) in [6.07, 6.45) is 6.35. The summed E-state index contributed by atoms with van der Waals surface area (Å²) in [6, 6.07) is 0.673. The van der Waals surface area contributed by atoms with Crippen LogP contribution in [0.5, 0.6) is 0 Å². The average molecular weight is 201 g/mol. The molecule has 2 unspecified atom stereocenters. The lowest BCUT2D eigenvalue weighted by Gasteiger charge is -2.20. The molecule has 0 heterocycles. The van der Waals surface area contributed by atoms with Gasteiger partial charge in [0.05, 0.1) is 0 Å². The smallest absolute Gasteiger partial charge is 0.0462 e. The quantitative estimate of drug-likeness (QED) is 0.579. The first-order valence-electron chi connectivity index (χ1n) is 5.90. The first-order valence-corrected chi connectivity index (χ1v) is 5.90. The van der Waals surface area contributed by atoms with Crippen LogP contribution >= 0.6 is 0 Å². The molecule has 86 valence electrons. The molecule has 1 N–H and O–H groups in total. The topological polar surface area (TPSA) is 21.3 Å². The van der Waals surface area contributed by atoms with Gasteiger partial charge in [-0.05, 0) is 32.2 Å². The van der Waals surface area contributed by atoms with Gasteiger partial charge in [-0.3, -0.25) is 0 Å². The number of hydrogen-bond donors (Lipinski definition) is 1. The summed E-state index contributed by atoms with van der Waals surface area (Å²) in [6.45, 7) is 5.50. The molecule has 0 radical (unpaired) electrons. The molecule has 0 fully saturated rings. The van der Waals surface area contributed by atoms with Gasteiger partial charge in [-0.25, -0.2) is 0 Å². The van der Waals surface area contributed by atoms with Gasteiger partial charge >= 0.3 is 0 Å². The standard InChI is InChI=1S/C12H27NO/c1-5-7-11(2)10-12(13-3)8-6-9-14-4/h11-13H,5-10H2,1-4H3. The Morgan fingerprint density at radius 2 is 2.00 bits per heavy atom. The molecule has 2 nitrogen and oxygen atoms in total. The second-order valence-corrected chi connectivity index (χ2v) is 4.25. The van der Waals surface area contributed by atoms with Crippen LogP contribution in [0.1, 0.15) is 46.0 Å². The molecule has 2 heteroatoms. The largest absolute Gasteiger partial charge is 0.385 e. The summed E-state index contributed by atoms with van der Waals surface area (Å²) in [5.74, 6) is 0.847. The minimum Gasteiger partial charge on any atom is -0.385 e. The molecule has 0 aliphatic rings. The van der Waals surface area contributed by atoms with Gasteiger partial charge in [0, 0.05) is 19.8 Å². The van der Waals surface area contributed by atoms with E-state index in [9.17, 15) is 0 Å². The van der Waals surface area contributed by atoms with Crippen LogP contribution in [0.4, 0.5) is 0 Å². The fourth-order valence-electron chi connectivity index (χ4n) is 1.95. The molecule has 0 aliphatic heterocycles. The first kappa shape index (κ1) is 13.9. The molecule has 0 rings (SSSR count). The molecular formula is C12H27NO. The van der Waals surface area contributed by atoms with Gasteiger partial charge in [0.1, 0.15) is 0 Å². The Hall–Kier alpha value is -0.0800. The van der Waals surface area contributed by atoms with Gasteiger partial charge in [0.2, 0.25) is 0 Å². The van der Waals surface area contributed by atoms with E-state index in [1.807, 2.05) is 0 Å². The van der Waals surface area contributed by atoms with Crippen molar-refractivity contribution >= 4 is 0 Å². The Morgan fingerprint density at radius 1 is 1.29 bits per heavy atom. The Labute approximate surface area is 89.4 Å². The van der Waals surface area contributed by atoms with Crippen molar-refractivity contribution in [3.05, 3.63) is 0 Å². The minimum atomic E-state index is 0.673.